The predicted octanol–water partition coefficient (Wildman–Crippen LogP) is 2.13. The van der Waals surface area contributed by atoms with E-state index in [1.807, 2.05) is 42.5 Å². The molecule has 5 N–H and O–H groups in total. The first-order valence-corrected chi connectivity index (χ1v) is 11.1. The van der Waals surface area contributed by atoms with Crippen LogP contribution in [0.25, 0.3) is 22.3 Å². The molecule has 0 spiro atoms. The van der Waals surface area contributed by atoms with Gasteiger partial charge in [-0.05, 0) is 23.3 Å². The molecular formula is C24H24N6O5. The maximum absolute atomic E-state index is 12.7. The summed E-state index contributed by atoms with van der Waals surface area (Å²) in [7, 11) is 0. The number of rotatable bonds is 6. The van der Waals surface area contributed by atoms with Crippen molar-refractivity contribution in [3.63, 3.8) is 0 Å². The second kappa shape index (κ2) is 9.29. The number of hydrogen-bond acceptors (Lipinski definition) is 8. The number of ether oxygens (including phenoxy) is 1. The number of benzene rings is 2. The second-order valence-corrected chi connectivity index (χ2v) is 8.29. The fraction of sp³-hybridized carbons (Fsp3) is 0.250. The van der Waals surface area contributed by atoms with Crippen LogP contribution in [0.1, 0.15) is 19.6 Å². The van der Waals surface area contributed by atoms with Crippen molar-refractivity contribution in [1.29, 1.82) is 0 Å². The number of aromatic amines is 1. The minimum absolute atomic E-state index is 0.112. The summed E-state index contributed by atoms with van der Waals surface area (Å²) in [4.78, 5) is 35.9. The van der Waals surface area contributed by atoms with E-state index in [1.54, 1.807) is 10.6 Å². The van der Waals surface area contributed by atoms with Crippen LogP contribution in [0.2, 0.25) is 0 Å². The Labute approximate surface area is 199 Å². The average molecular weight is 476 g/mol. The molecule has 0 aliphatic carbocycles. The number of anilines is 3. The maximum Gasteiger partial charge on any atom is 0.280 e. The number of nitrogens with one attached hydrogen (secondary N) is 3. The number of imidazole rings is 1. The Balaban J connectivity index is 1.53. The Hall–Kier alpha value is -4.06. The third-order valence-electron chi connectivity index (χ3n) is 5.82. The van der Waals surface area contributed by atoms with Gasteiger partial charge in [-0.1, -0.05) is 36.4 Å². The van der Waals surface area contributed by atoms with Gasteiger partial charge in [0.1, 0.15) is 12.3 Å². The number of aromatic nitrogens is 4. The van der Waals surface area contributed by atoms with Crippen molar-refractivity contribution in [2.24, 2.45) is 0 Å². The molecular weight excluding hydrogens is 452 g/mol. The predicted molar refractivity (Wildman–Crippen MR) is 129 cm³/mol. The molecule has 35 heavy (non-hydrogen) atoms. The van der Waals surface area contributed by atoms with Gasteiger partial charge in [0, 0.05) is 13.3 Å². The molecule has 1 aliphatic heterocycles. The Morgan fingerprint density at radius 2 is 2.00 bits per heavy atom. The highest BCUT2D eigenvalue weighted by Crippen LogP contribution is 2.32. The number of H-pyrrole nitrogens is 1. The number of carbonyl (C=O) groups is 1. The molecule has 4 aromatic rings. The summed E-state index contributed by atoms with van der Waals surface area (Å²) in [6.45, 7) is 1.09. The van der Waals surface area contributed by atoms with Gasteiger partial charge in [-0.2, -0.15) is 4.98 Å². The molecule has 2 aromatic heterocycles. The number of nitrogens with zero attached hydrogens (tertiary/aromatic N) is 3. The van der Waals surface area contributed by atoms with Gasteiger partial charge in [0.25, 0.3) is 5.56 Å². The lowest BCUT2D eigenvalue weighted by Crippen LogP contribution is -2.24. The van der Waals surface area contributed by atoms with Crippen molar-refractivity contribution < 1.29 is 19.7 Å². The Kier molecular flexibility index (Phi) is 6.03. The molecule has 3 heterocycles. The first-order valence-electron chi connectivity index (χ1n) is 11.1. The molecule has 1 aliphatic rings. The maximum atomic E-state index is 12.7. The van der Waals surface area contributed by atoms with Gasteiger partial charge in [0.05, 0.1) is 30.4 Å². The highest BCUT2D eigenvalue weighted by Gasteiger charge is 2.35. The summed E-state index contributed by atoms with van der Waals surface area (Å²) >= 11 is 0. The normalized spacial score (nSPS) is 19.7. The van der Waals surface area contributed by atoms with Crippen LogP contribution in [0.5, 0.6) is 0 Å². The van der Waals surface area contributed by atoms with Gasteiger partial charge in [0.2, 0.25) is 11.9 Å². The van der Waals surface area contributed by atoms with Crippen molar-refractivity contribution in [3.8, 4) is 11.1 Å². The molecule has 11 nitrogen and oxygen atoms in total. The van der Waals surface area contributed by atoms with Crippen molar-refractivity contribution in [2.75, 3.05) is 17.2 Å². The van der Waals surface area contributed by atoms with E-state index in [0.29, 0.717) is 11.4 Å². The van der Waals surface area contributed by atoms with Crippen LogP contribution in [-0.4, -0.2) is 54.5 Å². The van der Waals surface area contributed by atoms with Gasteiger partial charge >= 0.3 is 0 Å². The van der Waals surface area contributed by atoms with E-state index in [0.717, 1.165) is 11.1 Å². The van der Waals surface area contributed by atoms with E-state index in [9.17, 15) is 19.8 Å². The number of hydrogen-bond donors (Lipinski definition) is 5. The molecule has 1 saturated heterocycles. The fourth-order valence-electron chi connectivity index (χ4n) is 4.13. The molecule has 0 radical (unpaired) electrons. The van der Waals surface area contributed by atoms with E-state index >= 15 is 0 Å². The van der Waals surface area contributed by atoms with Gasteiger partial charge in [-0.15, -0.1) is 0 Å². The molecule has 0 bridgehead atoms. The summed E-state index contributed by atoms with van der Waals surface area (Å²) in [5.41, 5.74) is 2.83. The smallest absolute Gasteiger partial charge is 0.280 e. The molecule has 0 saturated carbocycles. The van der Waals surface area contributed by atoms with Crippen molar-refractivity contribution >= 4 is 34.4 Å². The Morgan fingerprint density at radius 1 is 1.20 bits per heavy atom. The minimum atomic E-state index is -0.844. The molecule has 1 amide bonds. The summed E-state index contributed by atoms with van der Waals surface area (Å²) in [5, 5.41) is 25.4. The van der Waals surface area contributed by atoms with Gasteiger partial charge in [-0.3, -0.25) is 19.1 Å². The van der Waals surface area contributed by atoms with Gasteiger partial charge < -0.3 is 25.6 Å². The van der Waals surface area contributed by atoms with E-state index in [4.69, 9.17) is 4.74 Å². The Morgan fingerprint density at radius 3 is 2.71 bits per heavy atom. The molecule has 3 atom stereocenters. The zero-order valence-corrected chi connectivity index (χ0v) is 18.8. The van der Waals surface area contributed by atoms with E-state index < -0.39 is 24.0 Å². The molecule has 180 valence electrons. The number of amides is 1. The third kappa shape index (κ3) is 4.52. The quantitative estimate of drug-likeness (QED) is 0.284. The number of fused-ring (bicyclic) bond motifs is 1. The summed E-state index contributed by atoms with van der Waals surface area (Å²) in [6, 6.07) is 15.2. The third-order valence-corrected chi connectivity index (χ3v) is 5.82. The minimum Gasteiger partial charge on any atom is -0.394 e. The standard InChI is InChI=1S/C24H24N6O5/c1-13(32)26-16-8-7-15(14-5-3-2-4-6-14)9-17(16)27-24-28-22-21(23(34)29-24)25-12-30(22)20-10-18(33)19(11-31)35-20/h2-9,12,18-20,31,33H,10-11H2,1H3,(H,26,32)(H2,27,28,29,34)/t18-,19+,20+/m1/s1. The van der Waals surface area contributed by atoms with Crippen LogP contribution in [0, 0.1) is 0 Å². The lowest BCUT2D eigenvalue weighted by molar-refractivity contribution is -0.114. The second-order valence-electron chi connectivity index (χ2n) is 8.29. The first-order chi connectivity index (χ1) is 16.9. The molecule has 11 heteroatoms. The van der Waals surface area contributed by atoms with Crippen LogP contribution in [0.4, 0.5) is 17.3 Å². The van der Waals surface area contributed by atoms with Crippen LogP contribution >= 0.6 is 0 Å². The van der Waals surface area contributed by atoms with Crippen molar-refractivity contribution in [3.05, 3.63) is 65.2 Å². The number of carbonyl (C=O) groups excluding carboxylic acids is 1. The Bertz CT molecular complexity index is 1430. The van der Waals surface area contributed by atoms with Crippen molar-refractivity contribution in [1.82, 2.24) is 19.5 Å². The lowest BCUT2D eigenvalue weighted by Gasteiger charge is -2.15. The largest absolute Gasteiger partial charge is 0.394 e. The van der Waals surface area contributed by atoms with Crippen LogP contribution < -0.4 is 16.2 Å². The van der Waals surface area contributed by atoms with Crippen LogP contribution in [-0.2, 0) is 9.53 Å². The monoisotopic (exact) mass is 476 g/mol. The summed E-state index contributed by atoms with van der Waals surface area (Å²) in [6.07, 6.45) is -0.557. The highest BCUT2D eigenvalue weighted by molar-refractivity contribution is 5.94. The van der Waals surface area contributed by atoms with Gasteiger partial charge in [0.15, 0.2) is 11.2 Å². The van der Waals surface area contributed by atoms with Gasteiger partial charge in [-0.25, -0.2) is 4.98 Å². The van der Waals surface area contributed by atoms with Crippen molar-refractivity contribution in [2.45, 2.75) is 31.8 Å². The van der Waals surface area contributed by atoms with E-state index in [1.165, 1.54) is 13.3 Å². The van der Waals surface area contributed by atoms with E-state index in [2.05, 4.69) is 25.6 Å². The topological polar surface area (TPSA) is 154 Å². The number of aliphatic hydroxyl groups is 2. The fourth-order valence-corrected chi connectivity index (χ4v) is 4.13. The van der Waals surface area contributed by atoms with Crippen LogP contribution in [0.15, 0.2) is 59.7 Å². The molecule has 0 unspecified atom stereocenters. The average Bonchev–Trinajstić information content (AvgIpc) is 3.43. The molecule has 1 fully saturated rings. The summed E-state index contributed by atoms with van der Waals surface area (Å²) < 4.78 is 7.26. The molecule has 5 rings (SSSR count). The zero-order valence-electron chi connectivity index (χ0n) is 18.8. The zero-order chi connectivity index (χ0) is 24.5. The lowest BCUT2D eigenvalue weighted by atomic mass is 10.0. The molecule has 2 aromatic carbocycles. The SMILES string of the molecule is CC(=O)Nc1ccc(-c2ccccc2)cc1Nc1nc2c(ncn2[C@@H]2C[C@@H](O)[C@H](CO)O2)c(=O)[nH]1. The number of aliphatic hydroxyl groups excluding tert-OH is 2. The first kappa shape index (κ1) is 22.7. The van der Waals surface area contributed by atoms with Crippen LogP contribution in [0.3, 0.4) is 0 Å². The highest BCUT2D eigenvalue weighted by atomic mass is 16.5. The van der Waals surface area contributed by atoms with E-state index in [-0.39, 0.29) is 36.0 Å². The summed E-state index contributed by atoms with van der Waals surface area (Å²) in [5.74, 6) is -0.107.